The van der Waals surface area contributed by atoms with Crippen molar-refractivity contribution in [1.82, 2.24) is 10.2 Å². The first kappa shape index (κ1) is 27.9. The van der Waals surface area contributed by atoms with Crippen LogP contribution in [0.3, 0.4) is 0 Å². The average molecular weight is 563 g/mol. The minimum atomic E-state index is -1.24. The molecule has 0 saturated carbocycles. The molecule has 2 aromatic rings. The van der Waals surface area contributed by atoms with Gasteiger partial charge in [0.1, 0.15) is 18.5 Å². The molecular formula is C27H28Cl2N2O7. The van der Waals surface area contributed by atoms with Crippen LogP contribution in [0.5, 0.6) is 11.5 Å². The van der Waals surface area contributed by atoms with Gasteiger partial charge in [0, 0.05) is 46.3 Å². The Hall–Kier alpha value is -3.11. The summed E-state index contributed by atoms with van der Waals surface area (Å²) in [4.78, 5) is 39.5. The minimum absolute atomic E-state index is 0.00415. The smallest absolute Gasteiger partial charge is 0.247 e. The number of aliphatic hydroxyl groups is 2. The van der Waals surface area contributed by atoms with E-state index in [1.54, 1.807) is 37.3 Å². The molecule has 0 saturated heterocycles. The first-order chi connectivity index (χ1) is 18.2. The Balaban J connectivity index is 1.82. The summed E-state index contributed by atoms with van der Waals surface area (Å²) in [6.45, 7) is 1.48. The molecule has 4 rings (SSSR count). The number of amides is 2. The van der Waals surface area contributed by atoms with Crippen molar-refractivity contribution in [3.05, 3.63) is 68.7 Å². The molecule has 4 atom stereocenters. The van der Waals surface area contributed by atoms with Gasteiger partial charge in [0.15, 0.2) is 11.5 Å². The van der Waals surface area contributed by atoms with Crippen LogP contribution in [0.15, 0.2) is 42.0 Å². The van der Waals surface area contributed by atoms with Gasteiger partial charge in [-0.2, -0.15) is 0 Å². The van der Waals surface area contributed by atoms with Crippen LogP contribution in [0, 0.1) is 0 Å². The van der Waals surface area contributed by atoms with Crippen LogP contribution < -0.4 is 14.8 Å². The van der Waals surface area contributed by atoms with Crippen molar-refractivity contribution >= 4 is 41.3 Å². The Morgan fingerprint density at radius 3 is 2.63 bits per heavy atom. The number of fused-ring (bicyclic) bond motifs is 3. The molecule has 2 aliphatic rings. The maximum atomic E-state index is 13.3. The van der Waals surface area contributed by atoms with E-state index < -0.39 is 30.1 Å². The fraction of sp³-hybridized carbons (Fsp3) is 0.370. The van der Waals surface area contributed by atoms with Crippen molar-refractivity contribution < 1.29 is 34.1 Å². The molecule has 11 heteroatoms. The first-order valence-electron chi connectivity index (χ1n) is 12.1. The lowest BCUT2D eigenvalue weighted by Crippen LogP contribution is -2.55. The summed E-state index contributed by atoms with van der Waals surface area (Å²) >= 11 is 12.4. The number of hydrogen-bond donors (Lipinski definition) is 3. The van der Waals surface area contributed by atoms with Crippen molar-refractivity contribution in [3.8, 4) is 11.5 Å². The van der Waals surface area contributed by atoms with Gasteiger partial charge >= 0.3 is 0 Å². The summed E-state index contributed by atoms with van der Waals surface area (Å²) in [6, 6.07) is 7.08. The second-order valence-corrected chi connectivity index (χ2v) is 9.86. The lowest BCUT2D eigenvalue weighted by molar-refractivity contribution is -0.137. The monoisotopic (exact) mass is 562 g/mol. The molecule has 1 aliphatic carbocycles. The molecule has 2 amide bonds. The standard InChI is InChI=1S/C27H28Cl2N2O7/c1-3-22(34)31(12-15-4-5-16(28)10-19(15)29)20-11-18(27(36)30-6-7-32)23-17-8-14(13-33)9-21(37-2)25(17)38-26(23)24(20)35/h4-5,8-11,13,20,23-24,26,32,35H,3,6-7,12H2,1-2H3,(H,30,36). The fourth-order valence-corrected chi connectivity index (χ4v) is 5.42. The number of benzene rings is 2. The Morgan fingerprint density at radius 2 is 2.00 bits per heavy atom. The van der Waals surface area contributed by atoms with E-state index in [9.17, 15) is 24.6 Å². The van der Waals surface area contributed by atoms with Gasteiger partial charge in [-0.25, -0.2) is 0 Å². The third kappa shape index (κ3) is 5.24. The Kier molecular flexibility index (Phi) is 8.62. The van der Waals surface area contributed by atoms with Crippen molar-refractivity contribution in [3.63, 3.8) is 0 Å². The van der Waals surface area contributed by atoms with E-state index >= 15 is 0 Å². The molecule has 0 fully saturated rings. The Morgan fingerprint density at radius 1 is 1.24 bits per heavy atom. The van der Waals surface area contributed by atoms with Gasteiger partial charge in [0.25, 0.3) is 0 Å². The normalized spacial score (nSPS) is 21.5. The van der Waals surface area contributed by atoms with Crippen molar-refractivity contribution in [2.24, 2.45) is 0 Å². The minimum Gasteiger partial charge on any atom is -0.493 e. The van der Waals surface area contributed by atoms with Crippen LogP contribution in [0.1, 0.15) is 40.7 Å². The molecule has 202 valence electrons. The van der Waals surface area contributed by atoms with Gasteiger partial charge in [-0.05, 0) is 35.9 Å². The topological polar surface area (TPSA) is 125 Å². The van der Waals surface area contributed by atoms with Crippen LogP contribution in [-0.4, -0.2) is 71.7 Å². The zero-order valence-electron chi connectivity index (χ0n) is 20.8. The van der Waals surface area contributed by atoms with Gasteiger partial charge in [-0.15, -0.1) is 0 Å². The zero-order chi connectivity index (χ0) is 27.6. The molecule has 4 unspecified atom stereocenters. The number of aliphatic hydroxyl groups excluding tert-OH is 2. The third-order valence-corrected chi connectivity index (χ3v) is 7.34. The van der Waals surface area contributed by atoms with Crippen molar-refractivity contribution in [1.29, 1.82) is 0 Å². The molecule has 9 nitrogen and oxygen atoms in total. The highest BCUT2D eigenvalue weighted by atomic mass is 35.5. The molecule has 1 aliphatic heterocycles. The van der Waals surface area contributed by atoms with Gasteiger partial charge in [0.05, 0.1) is 25.7 Å². The van der Waals surface area contributed by atoms with E-state index in [2.05, 4.69) is 5.32 Å². The quantitative estimate of drug-likeness (QED) is 0.401. The summed E-state index contributed by atoms with van der Waals surface area (Å²) in [7, 11) is 1.43. The molecule has 0 radical (unpaired) electrons. The summed E-state index contributed by atoms with van der Waals surface area (Å²) in [6.07, 6.45) is 0.144. The van der Waals surface area contributed by atoms with E-state index in [1.807, 2.05) is 0 Å². The average Bonchev–Trinajstić information content (AvgIpc) is 3.31. The molecule has 38 heavy (non-hydrogen) atoms. The zero-order valence-corrected chi connectivity index (χ0v) is 22.3. The fourth-order valence-electron chi connectivity index (χ4n) is 4.95. The summed E-state index contributed by atoms with van der Waals surface area (Å²) in [5, 5.41) is 24.3. The number of aldehydes is 1. The Bertz CT molecular complexity index is 1280. The predicted octanol–water partition coefficient (Wildman–Crippen LogP) is 2.88. The van der Waals surface area contributed by atoms with Crippen molar-refractivity contribution in [2.45, 2.75) is 44.1 Å². The molecule has 1 heterocycles. The summed E-state index contributed by atoms with van der Waals surface area (Å²) < 4.78 is 11.6. The molecule has 3 N–H and O–H groups in total. The van der Waals surface area contributed by atoms with Gasteiger partial charge in [-0.3, -0.25) is 14.4 Å². The number of rotatable bonds is 9. The van der Waals surface area contributed by atoms with Gasteiger partial charge in [0.2, 0.25) is 11.8 Å². The molecule has 0 bridgehead atoms. The number of hydrogen-bond acceptors (Lipinski definition) is 7. The first-order valence-corrected chi connectivity index (χ1v) is 12.9. The second kappa shape index (κ2) is 11.7. The second-order valence-electron chi connectivity index (χ2n) is 9.01. The van der Waals surface area contributed by atoms with E-state index in [1.165, 1.54) is 18.1 Å². The number of halogens is 2. The van der Waals surface area contributed by atoms with E-state index in [4.69, 9.17) is 32.7 Å². The molecular weight excluding hydrogens is 535 g/mol. The number of nitrogens with zero attached hydrogens (tertiary/aromatic N) is 1. The highest BCUT2D eigenvalue weighted by Crippen LogP contribution is 2.51. The van der Waals surface area contributed by atoms with Gasteiger partial charge < -0.3 is 29.9 Å². The predicted molar refractivity (Wildman–Crippen MR) is 141 cm³/mol. The maximum Gasteiger partial charge on any atom is 0.247 e. The van der Waals surface area contributed by atoms with E-state index in [0.29, 0.717) is 38.8 Å². The highest BCUT2D eigenvalue weighted by Gasteiger charge is 2.51. The summed E-state index contributed by atoms with van der Waals surface area (Å²) in [5.41, 5.74) is 1.67. The van der Waals surface area contributed by atoms with Crippen LogP contribution >= 0.6 is 23.2 Å². The maximum absolute atomic E-state index is 13.3. The largest absolute Gasteiger partial charge is 0.493 e. The number of carbonyl (C=O) groups is 3. The van der Waals surface area contributed by atoms with E-state index in [-0.39, 0.29) is 43.3 Å². The van der Waals surface area contributed by atoms with Crippen LogP contribution in [-0.2, 0) is 16.1 Å². The number of methoxy groups -OCH3 is 1. The van der Waals surface area contributed by atoms with Gasteiger partial charge in [-0.1, -0.05) is 36.2 Å². The third-order valence-electron chi connectivity index (χ3n) is 6.75. The lowest BCUT2D eigenvalue weighted by atomic mass is 9.77. The molecule has 2 aromatic carbocycles. The van der Waals surface area contributed by atoms with Crippen LogP contribution in [0.4, 0.5) is 0 Å². The van der Waals surface area contributed by atoms with Crippen LogP contribution in [0.2, 0.25) is 10.0 Å². The number of ether oxygens (including phenoxy) is 2. The Labute approximate surface area is 229 Å². The SMILES string of the molecule is CCC(=O)N(Cc1ccc(Cl)cc1Cl)C1C=C(C(=O)NCCO)C2c3cc(C=O)cc(OC)c3OC2C1O. The molecule has 0 aromatic heterocycles. The number of nitrogens with one attached hydrogen (secondary N) is 1. The number of carbonyl (C=O) groups excluding carboxylic acids is 3. The summed E-state index contributed by atoms with van der Waals surface area (Å²) in [5.74, 6) is -0.927. The van der Waals surface area contributed by atoms with Crippen molar-refractivity contribution in [2.75, 3.05) is 20.3 Å². The lowest BCUT2D eigenvalue weighted by Gasteiger charge is -2.40. The molecule has 0 spiro atoms. The highest BCUT2D eigenvalue weighted by molar-refractivity contribution is 6.35. The van der Waals surface area contributed by atoms with Crippen LogP contribution in [0.25, 0.3) is 0 Å². The van der Waals surface area contributed by atoms with E-state index in [0.717, 1.165) is 0 Å².